The van der Waals surface area contributed by atoms with Crippen molar-refractivity contribution in [3.8, 4) is 0 Å². The Morgan fingerprint density at radius 2 is 1.74 bits per heavy atom. The molecule has 2 amide bonds. The minimum atomic E-state index is -0.761. The maximum atomic E-state index is 13.3. The maximum Gasteiger partial charge on any atom is 0.242 e. The molecule has 1 aromatic carbocycles. The first-order valence-corrected chi connectivity index (χ1v) is 8.84. The number of carbonyl (C=O) groups is 2. The standard InChI is InChI=1S/C19H24N2O2/c1-14-13-15-7-3-4-8-16(15)21(14)18(23)19(9-10-19)17(22)20-11-5-2-6-12-20/h3-4,7-8,14H,2,5-6,9-13H2,1H3. The summed E-state index contributed by atoms with van der Waals surface area (Å²) in [7, 11) is 0. The third-order valence-electron chi connectivity index (χ3n) is 5.64. The molecule has 1 aliphatic carbocycles. The van der Waals surface area contributed by atoms with Crippen molar-refractivity contribution in [2.75, 3.05) is 18.0 Å². The first-order chi connectivity index (χ1) is 11.1. The van der Waals surface area contributed by atoms with Crippen LogP contribution in [0, 0.1) is 5.41 Å². The van der Waals surface area contributed by atoms with Gasteiger partial charge >= 0.3 is 0 Å². The predicted octanol–water partition coefficient (Wildman–Crippen LogP) is 2.76. The second-order valence-corrected chi connectivity index (χ2v) is 7.29. The van der Waals surface area contributed by atoms with Gasteiger partial charge in [0, 0.05) is 24.8 Å². The van der Waals surface area contributed by atoms with Crippen molar-refractivity contribution in [3.63, 3.8) is 0 Å². The van der Waals surface area contributed by atoms with Gasteiger partial charge in [-0.05, 0) is 57.1 Å². The Hall–Kier alpha value is -1.84. The second-order valence-electron chi connectivity index (χ2n) is 7.29. The van der Waals surface area contributed by atoms with E-state index in [0.717, 1.165) is 38.0 Å². The molecule has 2 fully saturated rings. The molecule has 122 valence electrons. The Labute approximate surface area is 137 Å². The van der Waals surface area contributed by atoms with Gasteiger partial charge in [-0.2, -0.15) is 0 Å². The molecule has 1 aromatic rings. The molecule has 1 saturated heterocycles. The molecular weight excluding hydrogens is 288 g/mol. The van der Waals surface area contributed by atoms with E-state index >= 15 is 0 Å². The highest BCUT2D eigenvalue weighted by molar-refractivity contribution is 6.15. The van der Waals surface area contributed by atoms with Gasteiger partial charge in [-0.3, -0.25) is 9.59 Å². The number of nitrogens with zero attached hydrogens (tertiary/aromatic N) is 2. The zero-order valence-corrected chi connectivity index (χ0v) is 13.8. The smallest absolute Gasteiger partial charge is 0.242 e. The Morgan fingerprint density at radius 3 is 2.43 bits per heavy atom. The molecule has 0 aromatic heterocycles. The molecule has 0 spiro atoms. The summed E-state index contributed by atoms with van der Waals surface area (Å²) in [6, 6.07) is 8.24. The summed E-state index contributed by atoms with van der Waals surface area (Å²) >= 11 is 0. The molecule has 23 heavy (non-hydrogen) atoms. The highest BCUT2D eigenvalue weighted by Gasteiger charge is 2.60. The van der Waals surface area contributed by atoms with Gasteiger partial charge in [-0.15, -0.1) is 0 Å². The molecule has 4 rings (SSSR count). The zero-order valence-electron chi connectivity index (χ0n) is 13.8. The summed E-state index contributed by atoms with van der Waals surface area (Å²) in [5.74, 6) is 0.115. The molecule has 1 atom stereocenters. The average molecular weight is 312 g/mol. The fourth-order valence-corrected chi connectivity index (χ4v) is 4.15. The number of carbonyl (C=O) groups excluding carboxylic acids is 2. The number of fused-ring (bicyclic) bond motifs is 1. The molecule has 0 N–H and O–H groups in total. The highest BCUT2D eigenvalue weighted by atomic mass is 16.2. The van der Waals surface area contributed by atoms with E-state index in [2.05, 4.69) is 13.0 Å². The number of hydrogen-bond acceptors (Lipinski definition) is 2. The minimum absolute atomic E-state index is 0.0329. The van der Waals surface area contributed by atoms with Crippen LogP contribution in [0.1, 0.15) is 44.6 Å². The highest BCUT2D eigenvalue weighted by Crippen LogP contribution is 2.51. The summed E-state index contributed by atoms with van der Waals surface area (Å²) in [5.41, 5.74) is 1.46. The van der Waals surface area contributed by atoms with Crippen LogP contribution in [0.25, 0.3) is 0 Å². The van der Waals surface area contributed by atoms with Crippen LogP contribution in [0.15, 0.2) is 24.3 Å². The van der Waals surface area contributed by atoms with E-state index in [1.165, 1.54) is 12.0 Å². The van der Waals surface area contributed by atoms with Crippen molar-refractivity contribution in [3.05, 3.63) is 29.8 Å². The average Bonchev–Trinajstić information content (AvgIpc) is 3.32. The number of para-hydroxylation sites is 1. The van der Waals surface area contributed by atoms with Crippen molar-refractivity contribution >= 4 is 17.5 Å². The van der Waals surface area contributed by atoms with Crippen LogP contribution in [-0.4, -0.2) is 35.8 Å². The third kappa shape index (κ3) is 2.27. The Balaban J connectivity index is 1.60. The fraction of sp³-hybridized carbons (Fsp3) is 0.579. The van der Waals surface area contributed by atoms with Gasteiger partial charge < -0.3 is 9.80 Å². The van der Waals surface area contributed by atoms with Crippen molar-refractivity contribution in [2.45, 2.75) is 51.5 Å². The topological polar surface area (TPSA) is 40.6 Å². The molecule has 1 saturated carbocycles. The van der Waals surface area contributed by atoms with Crippen LogP contribution in [0.5, 0.6) is 0 Å². The van der Waals surface area contributed by atoms with Gasteiger partial charge in [0.2, 0.25) is 11.8 Å². The molecule has 1 unspecified atom stereocenters. The predicted molar refractivity (Wildman–Crippen MR) is 89.2 cm³/mol. The van der Waals surface area contributed by atoms with E-state index in [1.54, 1.807) is 0 Å². The molecule has 4 heteroatoms. The number of rotatable bonds is 2. The number of benzene rings is 1. The lowest BCUT2D eigenvalue weighted by molar-refractivity contribution is -0.144. The van der Waals surface area contributed by atoms with Gasteiger partial charge in [0.05, 0.1) is 0 Å². The van der Waals surface area contributed by atoms with Crippen molar-refractivity contribution in [1.29, 1.82) is 0 Å². The minimum Gasteiger partial charge on any atom is -0.342 e. The van der Waals surface area contributed by atoms with Crippen LogP contribution in [-0.2, 0) is 16.0 Å². The van der Waals surface area contributed by atoms with Gasteiger partial charge in [-0.25, -0.2) is 0 Å². The fourth-order valence-electron chi connectivity index (χ4n) is 4.15. The number of likely N-dealkylation sites (tertiary alicyclic amines) is 1. The molecule has 0 bridgehead atoms. The molecule has 0 radical (unpaired) electrons. The number of piperidine rings is 1. The summed E-state index contributed by atoms with van der Waals surface area (Å²) in [5, 5.41) is 0. The Bertz CT molecular complexity index is 645. The first-order valence-electron chi connectivity index (χ1n) is 8.84. The lowest BCUT2D eigenvalue weighted by atomic mass is 10.00. The summed E-state index contributed by atoms with van der Waals surface area (Å²) in [4.78, 5) is 30.1. The summed E-state index contributed by atoms with van der Waals surface area (Å²) < 4.78 is 0. The van der Waals surface area contributed by atoms with Gasteiger partial charge in [-0.1, -0.05) is 18.2 Å². The number of amides is 2. The number of hydrogen-bond donors (Lipinski definition) is 0. The lowest BCUT2D eigenvalue weighted by Gasteiger charge is -2.33. The van der Waals surface area contributed by atoms with E-state index in [9.17, 15) is 9.59 Å². The van der Waals surface area contributed by atoms with Crippen LogP contribution in [0.4, 0.5) is 5.69 Å². The lowest BCUT2D eigenvalue weighted by Crippen LogP contribution is -2.49. The van der Waals surface area contributed by atoms with Gasteiger partial charge in [0.25, 0.3) is 0 Å². The molecular formula is C19H24N2O2. The van der Waals surface area contributed by atoms with Crippen LogP contribution in [0.3, 0.4) is 0 Å². The number of anilines is 1. The quantitative estimate of drug-likeness (QED) is 0.788. The third-order valence-corrected chi connectivity index (χ3v) is 5.64. The van der Waals surface area contributed by atoms with E-state index < -0.39 is 5.41 Å². The summed E-state index contributed by atoms with van der Waals surface area (Å²) in [6.45, 7) is 3.72. The molecule has 2 heterocycles. The van der Waals surface area contributed by atoms with Crippen LogP contribution >= 0.6 is 0 Å². The van der Waals surface area contributed by atoms with Crippen molar-refractivity contribution in [1.82, 2.24) is 4.90 Å². The van der Waals surface area contributed by atoms with Gasteiger partial charge in [0.1, 0.15) is 5.41 Å². The van der Waals surface area contributed by atoms with Crippen LogP contribution < -0.4 is 4.90 Å². The van der Waals surface area contributed by atoms with Crippen molar-refractivity contribution < 1.29 is 9.59 Å². The zero-order chi connectivity index (χ0) is 16.0. The SMILES string of the molecule is CC1Cc2ccccc2N1C(=O)C1(C(=O)N2CCCCC2)CC1. The second kappa shape index (κ2) is 5.36. The Morgan fingerprint density at radius 1 is 1.04 bits per heavy atom. The van der Waals surface area contributed by atoms with Crippen molar-refractivity contribution in [2.24, 2.45) is 5.41 Å². The summed E-state index contributed by atoms with van der Waals surface area (Å²) in [6.07, 6.45) is 5.65. The van der Waals surface area contributed by atoms with Gasteiger partial charge in [0.15, 0.2) is 0 Å². The first kappa shape index (κ1) is 14.7. The molecule has 2 aliphatic heterocycles. The largest absolute Gasteiger partial charge is 0.342 e. The monoisotopic (exact) mass is 312 g/mol. The molecule has 3 aliphatic rings. The van der Waals surface area contributed by atoms with Crippen LogP contribution in [0.2, 0.25) is 0 Å². The van der Waals surface area contributed by atoms with E-state index in [0.29, 0.717) is 12.8 Å². The Kier molecular flexibility index (Phi) is 3.43. The van der Waals surface area contributed by atoms with E-state index in [-0.39, 0.29) is 17.9 Å². The molecule has 4 nitrogen and oxygen atoms in total. The van der Waals surface area contributed by atoms with E-state index in [1.807, 2.05) is 28.0 Å². The normalized spacial score (nSPS) is 25.2. The van der Waals surface area contributed by atoms with E-state index in [4.69, 9.17) is 0 Å². The maximum absolute atomic E-state index is 13.3.